The summed E-state index contributed by atoms with van der Waals surface area (Å²) in [6, 6.07) is 6.90. The molecule has 8 heteroatoms. The van der Waals surface area contributed by atoms with Gasteiger partial charge in [0.2, 0.25) is 0 Å². The Morgan fingerprint density at radius 2 is 1.76 bits per heavy atom. The van der Waals surface area contributed by atoms with E-state index in [-0.39, 0.29) is 11.9 Å². The van der Waals surface area contributed by atoms with E-state index in [0.717, 1.165) is 31.5 Å². The third-order valence-electron chi connectivity index (χ3n) is 4.66. The minimum absolute atomic E-state index is 0.0331. The molecule has 0 N–H and O–H groups in total. The van der Waals surface area contributed by atoms with Crippen molar-refractivity contribution in [1.82, 2.24) is 25.1 Å². The zero-order valence-electron chi connectivity index (χ0n) is 15.0. The fourth-order valence-corrected chi connectivity index (χ4v) is 4.61. The summed E-state index contributed by atoms with van der Waals surface area (Å²) in [6.07, 6.45) is 2.32. The number of hydrogen-bond acceptors (Lipinski definition) is 6. The lowest BCUT2D eigenvalue weighted by molar-refractivity contribution is 0.179. The fourth-order valence-electron chi connectivity index (χ4n) is 3.40. The second-order valence-corrected chi connectivity index (χ2v) is 8.98. The molecule has 1 unspecified atom stereocenters. The van der Waals surface area contributed by atoms with Gasteiger partial charge in [0.1, 0.15) is 0 Å². The van der Waals surface area contributed by atoms with Crippen molar-refractivity contribution in [3.8, 4) is 0 Å². The molecule has 0 amide bonds. The van der Waals surface area contributed by atoms with Crippen LogP contribution in [0.4, 0.5) is 0 Å². The van der Waals surface area contributed by atoms with Crippen LogP contribution in [0.1, 0.15) is 44.1 Å². The van der Waals surface area contributed by atoms with Crippen LogP contribution in [0.2, 0.25) is 0 Å². The lowest BCUT2D eigenvalue weighted by Crippen LogP contribution is -2.32. The molecule has 25 heavy (non-hydrogen) atoms. The molecule has 136 valence electrons. The van der Waals surface area contributed by atoms with E-state index in [2.05, 4.69) is 34.3 Å². The molecule has 2 aromatic rings. The summed E-state index contributed by atoms with van der Waals surface area (Å²) >= 11 is 0. The van der Waals surface area contributed by atoms with E-state index in [4.69, 9.17) is 0 Å². The van der Waals surface area contributed by atoms with E-state index in [1.54, 1.807) is 24.3 Å². The third-order valence-corrected chi connectivity index (χ3v) is 6.24. The fraction of sp³-hybridized carbons (Fsp3) is 0.588. The van der Waals surface area contributed by atoms with E-state index < -0.39 is 9.84 Å². The van der Waals surface area contributed by atoms with Gasteiger partial charge in [-0.1, -0.05) is 31.5 Å². The Hall–Kier alpha value is -1.80. The Kier molecular flexibility index (Phi) is 5.19. The van der Waals surface area contributed by atoms with E-state index in [9.17, 15) is 8.42 Å². The highest BCUT2D eigenvalue weighted by molar-refractivity contribution is 7.90. The van der Waals surface area contributed by atoms with Gasteiger partial charge in [-0.05, 0) is 61.3 Å². The number of rotatable bonds is 6. The van der Waals surface area contributed by atoms with Crippen molar-refractivity contribution in [3.63, 3.8) is 0 Å². The second kappa shape index (κ2) is 7.21. The number of hydrogen-bond donors (Lipinski definition) is 0. The third kappa shape index (κ3) is 3.90. The van der Waals surface area contributed by atoms with Crippen LogP contribution in [0.5, 0.6) is 0 Å². The van der Waals surface area contributed by atoms with Crippen LogP contribution in [0, 0.1) is 12.8 Å². The van der Waals surface area contributed by atoms with E-state index in [1.165, 1.54) is 4.68 Å². The largest absolute Gasteiger partial charge is 0.293 e. The summed E-state index contributed by atoms with van der Waals surface area (Å²) < 4.78 is 26.9. The van der Waals surface area contributed by atoms with Crippen LogP contribution in [-0.2, 0) is 15.7 Å². The minimum Gasteiger partial charge on any atom is -0.293 e. The van der Waals surface area contributed by atoms with Crippen molar-refractivity contribution in [3.05, 3.63) is 35.7 Å². The molecule has 0 radical (unpaired) electrons. The maximum Gasteiger partial charge on any atom is 0.198 e. The van der Waals surface area contributed by atoms with Crippen molar-refractivity contribution in [2.45, 2.75) is 50.4 Å². The number of nitrogens with zero attached hydrogens (tertiary/aromatic N) is 5. The first-order valence-corrected chi connectivity index (χ1v) is 10.3. The van der Waals surface area contributed by atoms with Gasteiger partial charge in [0.05, 0.1) is 10.9 Å². The molecule has 0 spiro atoms. The summed E-state index contributed by atoms with van der Waals surface area (Å²) in [5.41, 5.74) is 1.02. The summed E-state index contributed by atoms with van der Waals surface area (Å²) in [6.45, 7) is 8.17. The van der Waals surface area contributed by atoms with Gasteiger partial charge in [-0.15, -0.1) is 5.10 Å². The highest BCUT2D eigenvalue weighted by Crippen LogP contribution is 2.30. The normalized spacial score (nSPS) is 17.3. The van der Waals surface area contributed by atoms with Gasteiger partial charge < -0.3 is 0 Å². The van der Waals surface area contributed by atoms with Gasteiger partial charge in [0, 0.05) is 0 Å². The number of sulfone groups is 1. The summed E-state index contributed by atoms with van der Waals surface area (Å²) in [4.78, 5) is 2.65. The molecular formula is C17H25N5O2S. The quantitative estimate of drug-likeness (QED) is 0.783. The van der Waals surface area contributed by atoms with Gasteiger partial charge in [0.15, 0.2) is 21.5 Å². The topological polar surface area (TPSA) is 81.0 Å². The predicted octanol–water partition coefficient (Wildman–Crippen LogP) is 2.21. The average Bonchev–Trinajstić information content (AvgIpc) is 3.21. The molecule has 3 rings (SSSR count). The van der Waals surface area contributed by atoms with Crippen molar-refractivity contribution in [2.75, 3.05) is 13.1 Å². The number of aryl methyl sites for hydroxylation is 1. The molecular weight excluding hydrogens is 338 g/mol. The Bertz CT molecular complexity index is 808. The molecule has 2 heterocycles. The zero-order chi connectivity index (χ0) is 18.0. The molecule has 1 atom stereocenters. The SMILES string of the molecule is Cc1ccc(S(=O)(=O)Cn2nnnc2C(C(C)C)N2CCCC2)cc1. The van der Waals surface area contributed by atoms with Gasteiger partial charge in [-0.25, -0.2) is 13.1 Å². The highest BCUT2D eigenvalue weighted by Gasteiger charge is 2.31. The molecule has 1 fully saturated rings. The summed E-state index contributed by atoms with van der Waals surface area (Å²) in [5, 5.41) is 11.9. The first-order valence-electron chi connectivity index (χ1n) is 8.68. The standard InChI is InChI=1S/C17H25N5O2S/c1-13(2)16(21-10-4-5-11-21)17-18-19-20-22(17)12-25(23,24)15-8-6-14(3)7-9-15/h6-9,13,16H,4-5,10-12H2,1-3H3. The number of tetrazole rings is 1. The van der Waals surface area contributed by atoms with Crippen molar-refractivity contribution < 1.29 is 8.42 Å². The second-order valence-electron chi connectivity index (χ2n) is 7.03. The maximum absolute atomic E-state index is 12.7. The van der Waals surface area contributed by atoms with Crippen LogP contribution in [0.15, 0.2) is 29.2 Å². The van der Waals surface area contributed by atoms with Gasteiger partial charge >= 0.3 is 0 Å². The Morgan fingerprint density at radius 3 is 2.36 bits per heavy atom. The van der Waals surface area contributed by atoms with Crippen LogP contribution in [-0.4, -0.2) is 46.6 Å². The Morgan fingerprint density at radius 1 is 1.12 bits per heavy atom. The van der Waals surface area contributed by atoms with Crippen LogP contribution in [0.3, 0.4) is 0 Å². The van der Waals surface area contributed by atoms with Crippen molar-refractivity contribution >= 4 is 9.84 Å². The number of aromatic nitrogens is 4. The maximum atomic E-state index is 12.7. The number of benzene rings is 1. The molecule has 1 aliphatic heterocycles. The predicted molar refractivity (Wildman–Crippen MR) is 94.6 cm³/mol. The molecule has 1 saturated heterocycles. The lowest BCUT2D eigenvalue weighted by atomic mass is 10.0. The minimum atomic E-state index is -3.50. The van der Waals surface area contributed by atoms with Gasteiger partial charge in [-0.3, -0.25) is 4.90 Å². The average molecular weight is 363 g/mol. The molecule has 0 bridgehead atoms. The molecule has 0 aliphatic carbocycles. The Balaban J connectivity index is 1.89. The van der Waals surface area contributed by atoms with Crippen molar-refractivity contribution in [2.24, 2.45) is 5.92 Å². The molecule has 7 nitrogen and oxygen atoms in total. The van der Waals surface area contributed by atoms with Crippen LogP contribution < -0.4 is 0 Å². The lowest BCUT2D eigenvalue weighted by Gasteiger charge is -2.29. The van der Waals surface area contributed by atoms with E-state index >= 15 is 0 Å². The van der Waals surface area contributed by atoms with E-state index in [1.807, 2.05) is 6.92 Å². The van der Waals surface area contributed by atoms with Gasteiger partial charge in [-0.2, -0.15) is 0 Å². The summed E-state index contributed by atoms with van der Waals surface area (Å²) in [7, 11) is -3.50. The van der Waals surface area contributed by atoms with Gasteiger partial charge in [0.25, 0.3) is 0 Å². The Labute approximate surface area is 149 Å². The van der Waals surface area contributed by atoms with E-state index in [0.29, 0.717) is 16.6 Å². The highest BCUT2D eigenvalue weighted by atomic mass is 32.2. The molecule has 1 aliphatic rings. The molecule has 1 aromatic heterocycles. The zero-order valence-corrected chi connectivity index (χ0v) is 15.8. The molecule has 0 saturated carbocycles. The van der Waals surface area contributed by atoms with Crippen LogP contribution in [0.25, 0.3) is 0 Å². The summed E-state index contributed by atoms with van der Waals surface area (Å²) in [5.74, 6) is 0.688. The number of likely N-dealkylation sites (tertiary alicyclic amines) is 1. The first-order chi connectivity index (χ1) is 11.9. The smallest absolute Gasteiger partial charge is 0.198 e. The van der Waals surface area contributed by atoms with Crippen molar-refractivity contribution in [1.29, 1.82) is 0 Å². The monoisotopic (exact) mass is 363 g/mol. The first kappa shape index (κ1) is 18.0. The van der Waals surface area contributed by atoms with Crippen LogP contribution >= 0.6 is 0 Å². The molecule has 1 aromatic carbocycles.